The molecule has 0 fully saturated rings. The van der Waals surface area contributed by atoms with Crippen LogP contribution in [0.25, 0.3) is 0 Å². The van der Waals surface area contributed by atoms with Crippen molar-refractivity contribution in [2.24, 2.45) is 0 Å². The molecule has 0 heterocycles. The molecule has 1 radical (unpaired) electrons. The minimum absolute atomic E-state index is 0.0351. The van der Waals surface area contributed by atoms with E-state index in [-0.39, 0.29) is 18.8 Å². The fourth-order valence-electron chi connectivity index (χ4n) is 0.810. The van der Waals surface area contributed by atoms with Gasteiger partial charge in [-0.2, -0.15) is 0 Å². The molecule has 73 valence electrons. The van der Waals surface area contributed by atoms with E-state index in [0.717, 1.165) is 19.4 Å². The van der Waals surface area contributed by atoms with Crippen molar-refractivity contribution in [3.8, 4) is 0 Å². The average molecular weight is 191 g/mol. The smallest absolute Gasteiger partial charge is 0.216 e. The third-order valence-electron chi connectivity index (χ3n) is 1.84. The van der Waals surface area contributed by atoms with Gasteiger partial charge < -0.3 is 14.6 Å². The van der Waals surface area contributed by atoms with E-state index in [4.69, 9.17) is 14.6 Å². The molecule has 0 aromatic rings. The molecule has 0 unspecified atom stereocenters. The zero-order chi connectivity index (χ0) is 9.40. The second-order valence-electron chi connectivity index (χ2n) is 2.87. The first kappa shape index (κ1) is 12.1. The van der Waals surface area contributed by atoms with Crippen molar-refractivity contribution in [1.29, 1.82) is 0 Å². The summed E-state index contributed by atoms with van der Waals surface area (Å²) < 4.78 is 5.51. The summed E-state index contributed by atoms with van der Waals surface area (Å²) in [5.74, 6) is 0. The molecule has 0 rings (SSSR count). The Bertz CT molecular complexity index is 96.3. The lowest BCUT2D eigenvalue weighted by molar-refractivity contribution is 0.200. The number of aliphatic hydroxyl groups is 2. The molecule has 0 aliphatic rings. The van der Waals surface area contributed by atoms with Crippen LogP contribution >= 0.6 is 0 Å². The predicted molar refractivity (Wildman–Crippen MR) is 50.4 cm³/mol. The monoisotopic (exact) mass is 191 g/mol. The predicted octanol–water partition coefficient (Wildman–Crippen LogP) is 0.779. The summed E-state index contributed by atoms with van der Waals surface area (Å²) in [7, 11) is -1.00. The first-order chi connectivity index (χ1) is 5.76. The third kappa shape index (κ3) is 4.87. The summed E-state index contributed by atoms with van der Waals surface area (Å²) in [6, 6.07) is 0. The molecule has 0 saturated heterocycles. The van der Waals surface area contributed by atoms with Crippen LogP contribution in [0.4, 0.5) is 0 Å². The summed E-state index contributed by atoms with van der Waals surface area (Å²) in [6.45, 7) is 4.93. The van der Waals surface area contributed by atoms with Gasteiger partial charge in [-0.25, -0.2) is 0 Å². The Morgan fingerprint density at radius 2 is 1.92 bits per heavy atom. The van der Waals surface area contributed by atoms with Gasteiger partial charge in [-0.1, -0.05) is 13.3 Å². The van der Waals surface area contributed by atoms with Crippen molar-refractivity contribution in [2.45, 2.75) is 31.9 Å². The first-order valence-corrected chi connectivity index (χ1v) is 6.42. The third-order valence-corrected chi connectivity index (χ3v) is 4.02. The maximum Gasteiger partial charge on any atom is 0.216 e. The highest BCUT2D eigenvalue weighted by atomic mass is 28.3. The van der Waals surface area contributed by atoms with E-state index in [1.165, 1.54) is 0 Å². The van der Waals surface area contributed by atoms with Gasteiger partial charge in [-0.15, -0.1) is 0 Å². The van der Waals surface area contributed by atoms with Crippen LogP contribution < -0.4 is 0 Å². The van der Waals surface area contributed by atoms with Gasteiger partial charge in [-0.05, 0) is 13.0 Å². The van der Waals surface area contributed by atoms with E-state index >= 15 is 0 Å². The van der Waals surface area contributed by atoms with E-state index in [9.17, 15) is 0 Å². The van der Waals surface area contributed by atoms with Crippen LogP contribution in [0.1, 0.15) is 19.8 Å². The second kappa shape index (κ2) is 7.73. The molecule has 0 spiro atoms. The van der Waals surface area contributed by atoms with Crippen molar-refractivity contribution < 1.29 is 14.6 Å². The molecule has 12 heavy (non-hydrogen) atoms. The van der Waals surface area contributed by atoms with Gasteiger partial charge in [0, 0.05) is 25.4 Å². The lowest BCUT2D eigenvalue weighted by atomic mass is 10.4. The Labute approximate surface area is 76.1 Å². The lowest BCUT2D eigenvalue weighted by Crippen LogP contribution is -2.26. The van der Waals surface area contributed by atoms with Gasteiger partial charge >= 0.3 is 0 Å². The standard InChI is InChI=1S/C8H19O3Si/c1-3-4-5-11-12(2)8(6-9)7-10/h8-10H,3-7H2,1-2H3. The second-order valence-corrected chi connectivity index (χ2v) is 5.20. The van der Waals surface area contributed by atoms with E-state index in [2.05, 4.69) is 6.92 Å². The van der Waals surface area contributed by atoms with E-state index in [1.54, 1.807) is 0 Å². The molecule has 0 aliphatic heterocycles. The van der Waals surface area contributed by atoms with E-state index in [0.29, 0.717) is 0 Å². The zero-order valence-electron chi connectivity index (χ0n) is 7.92. The molecule has 0 aromatic heterocycles. The van der Waals surface area contributed by atoms with Crippen molar-refractivity contribution in [3.63, 3.8) is 0 Å². The van der Waals surface area contributed by atoms with Crippen LogP contribution in [-0.4, -0.2) is 39.1 Å². The Hall–Kier alpha value is 0.0969. The van der Waals surface area contributed by atoms with Crippen molar-refractivity contribution in [2.75, 3.05) is 19.8 Å². The number of rotatable bonds is 7. The van der Waals surface area contributed by atoms with Crippen LogP contribution in [0.3, 0.4) is 0 Å². The van der Waals surface area contributed by atoms with Gasteiger partial charge in [0.15, 0.2) is 0 Å². The van der Waals surface area contributed by atoms with Crippen molar-refractivity contribution in [3.05, 3.63) is 0 Å². The highest BCUT2D eigenvalue weighted by molar-refractivity contribution is 6.52. The Balaban J connectivity index is 3.47. The molecule has 0 atom stereocenters. The van der Waals surface area contributed by atoms with Gasteiger partial charge in [0.05, 0.1) is 0 Å². The molecular weight excluding hydrogens is 172 g/mol. The molecule has 3 nitrogen and oxygen atoms in total. The van der Waals surface area contributed by atoms with Gasteiger partial charge in [0.1, 0.15) is 0 Å². The Morgan fingerprint density at radius 1 is 1.33 bits per heavy atom. The summed E-state index contributed by atoms with van der Waals surface area (Å²) >= 11 is 0. The van der Waals surface area contributed by atoms with Gasteiger partial charge in [-0.3, -0.25) is 0 Å². The number of unbranched alkanes of at least 4 members (excludes halogenated alkanes) is 1. The number of hydrogen-bond acceptors (Lipinski definition) is 3. The van der Waals surface area contributed by atoms with E-state index in [1.807, 2.05) is 6.55 Å². The normalized spacial score (nSPS) is 11.5. The number of hydrogen-bond donors (Lipinski definition) is 2. The van der Waals surface area contributed by atoms with Gasteiger partial charge in [0.2, 0.25) is 9.04 Å². The van der Waals surface area contributed by atoms with Gasteiger partial charge in [0.25, 0.3) is 0 Å². The van der Waals surface area contributed by atoms with E-state index < -0.39 is 9.04 Å². The molecule has 0 amide bonds. The van der Waals surface area contributed by atoms with Crippen molar-refractivity contribution >= 4 is 9.04 Å². The highest BCUT2D eigenvalue weighted by Gasteiger charge is 2.18. The highest BCUT2D eigenvalue weighted by Crippen LogP contribution is 2.09. The molecule has 2 N–H and O–H groups in total. The zero-order valence-corrected chi connectivity index (χ0v) is 8.92. The van der Waals surface area contributed by atoms with Crippen LogP contribution in [0.5, 0.6) is 0 Å². The largest absolute Gasteiger partial charge is 0.416 e. The minimum atomic E-state index is -1.00. The van der Waals surface area contributed by atoms with Crippen LogP contribution in [-0.2, 0) is 4.43 Å². The SMILES string of the molecule is CCCCO[Si](C)C(CO)CO. The molecule has 4 heteroatoms. The Kier molecular flexibility index (Phi) is 7.79. The minimum Gasteiger partial charge on any atom is -0.416 e. The van der Waals surface area contributed by atoms with Crippen molar-refractivity contribution in [1.82, 2.24) is 0 Å². The summed E-state index contributed by atoms with van der Waals surface area (Å²) in [5.41, 5.74) is -0.0353. The fraction of sp³-hybridized carbons (Fsp3) is 1.00. The molecule has 0 aliphatic carbocycles. The quantitative estimate of drug-likeness (QED) is 0.462. The number of aliphatic hydroxyl groups excluding tert-OH is 2. The molecule has 0 bridgehead atoms. The van der Waals surface area contributed by atoms with Crippen LogP contribution in [0, 0.1) is 0 Å². The maximum absolute atomic E-state index is 8.84. The van der Waals surface area contributed by atoms with Crippen LogP contribution in [0.2, 0.25) is 12.1 Å². The fourth-order valence-corrected chi connectivity index (χ4v) is 2.03. The lowest BCUT2D eigenvalue weighted by Gasteiger charge is -2.17. The molecule has 0 aromatic carbocycles. The topological polar surface area (TPSA) is 49.7 Å². The summed E-state index contributed by atoms with van der Waals surface area (Å²) in [5, 5.41) is 17.7. The maximum atomic E-state index is 8.84. The van der Waals surface area contributed by atoms with Crippen LogP contribution in [0.15, 0.2) is 0 Å². The molecule has 0 saturated carbocycles. The summed E-state index contributed by atoms with van der Waals surface area (Å²) in [4.78, 5) is 0. The molecular formula is C8H19O3Si. The average Bonchev–Trinajstić information content (AvgIpc) is 2.07. The Morgan fingerprint density at radius 3 is 2.33 bits per heavy atom. The summed E-state index contributed by atoms with van der Waals surface area (Å²) in [6.07, 6.45) is 2.18. The first-order valence-electron chi connectivity index (χ1n) is 4.44.